The van der Waals surface area contributed by atoms with Crippen molar-refractivity contribution >= 4 is 0 Å². The number of likely N-dealkylation sites (N-methyl/N-ethyl adjacent to an activating group) is 1. The number of halogens is 1. The van der Waals surface area contributed by atoms with Gasteiger partial charge in [0.2, 0.25) is 0 Å². The maximum atomic E-state index is 6.02. The van der Waals surface area contributed by atoms with Crippen molar-refractivity contribution in [1.29, 1.82) is 0 Å². The maximum absolute atomic E-state index is 6.02. The Morgan fingerprint density at radius 3 is 2.39 bits per heavy atom. The van der Waals surface area contributed by atoms with Crippen LogP contribution >= 0.6 is 0 Å². The number of fused-ring (bicyclic) bond motifs is 1. The molecule has 0 amide bonds. The lowest BCUT2D eigenvalue weighted by Gasteiger charge is -2.35. The van der Waals surface area contributed by atoms with Crippen molar-refractivity contribution < 1.29 is 37.9 Å². The van der Waals surface area contributed by atoms with Gasteiger partial charge in [0.25, 0.3) is 0 Å². The number of benzene rings is 2. The van der Waals surface area contributed by atoms with E-state index in [1.54, 1.807) is 7.11 Å². The fraction of sp³-hybridized carbons (Fsp3) is 0.368. The second-order valence-electron chi connectivity index (χ2n) is 6.61. The first-order chi connectivity index (χ1) is 10.6. The quantitative estimate of drug-likeness (QED) is 0.522. The molecule has 0 bridgehead atoms. The molecule has 124 valence electrons. The van der Waals surface area contributed by atoms with Gasteiger partial charge in [-0.3, -0.25) is 0 Å². The van der Waals surface area contributed by atoms with Crippen LogP contribution in [0.3, 0.4) is 0 Å². The largest absolute Gasteiger partial charge is 1.00 e. The topological polar surface area (TPSA) is 18.5 Å². The molecule has 0 spiro atoms. The third-order valence-corrected chi connectivity index (χ3v) is 4.31. The van der Waals surface area contributed by atoms with E-state index in [1.807, 2.05) is 18.2 Å². The van der Waals surface area contributed by atoms with Crippen LogP contribution in [0.1, 0.15) is 16.7 Å². The Kier molecular flexibility index (Phi) is 5.92. The van der Waals surface area contributed by atoms with Gasteiger partial charge in [0.1, 0.15) is 13.2 Å². The highest BCUT2D eigenvalue weighted by Crippen LogP contribution is 2.34. The van der Waals surface area contributed by atoms with Crippen molar-refractivity contribution in [2.24, 2.45) is 0 Å². The average Bonchev–Trinajstić information content (AvgIpc) is 2.52. The minimum absolute atomic E-state index is 0. The molecule has 3 nitrogen and oxygen atoms in total. The lowest BCUT2D eigenvalue weighted by Crippen LogP contribution is -3.00. The zero-order chi connectivity index (χ0) is 15.6. The van der Waals surface area contributed by atoms with E-state index in [1.165, 1.54) is 23.2 Å². The smallest absolute Gasteiger partial charge is 0.162 e. The zero-order valence-corrected chi connectivity index (χ0v) is 16.2. The van der Waals surface area contributed by atoms with E-state index in [0.717, 1.165) is 28.9 Å². The first kappa shape index (κ1) is 18.1. The summed E-state index contributed by atoms with van der Waals surface area (Å²) < 4.78 is 12.6. The highest BCUT2D eigenvalue weighted by Gasteiger charge is 2.25. The predicted molar refractivity (Wildman–Crippen MR) is 88.2 cm³/mol. The van der Waals surface area contributed by atoms with Gasteiger partial charge in [-0.1, -0.05) is 30.3 Å². The van der Waals surface area contributed by atoms with Crippen LogP contribution in [0.5, 0.6) is 11.5 Å². The van der Waals surface area contributed by atoms with Crippen LogP contribution in [-0.2, 0) is 19.6 Å². The van der Waals surface area contributed by atoms with Crippen LogP contribution in [0.4, 0.5) is 0 Å². The number of quaternary nitrogens is 1. The first-order valence-electron chi connectivity index (χ1n) is 7.76. The minimum atomic E-state index is 0. The summed E-state index contributed by atoms with van der Waals surface area (Å²) in [5.74, 6) is 1.67. The van der Waals surface area contributed by atoms with Crippen molar-refractivity contribution in [2.45, 2.75) is 19.6 Å². The second kappa shape index (κ2) is 7.53. The Bertz CT molecular complexity index is 656. The van der Waals surface area contributed by atoms with Gasteiger partial charge in [0, 0.05) is 12.0 Å². The van der Waals surface area contributed by atoms with Crippen LogP contribution in [0.2, 0.25) is 0 Å². The molecule has 3 rings (SSSR count). The van der Waals surface area contributed by atoms with Crippen molar-refractivity contribution in [3.8, 4) is 11.5 Å². The van der Waals surface area contributed by atoms with Gasteiger partial charge in [0.15, 0.2) is 11.5 Å². The normalized spacial score (nSPS) is 15.3. The Balaban J connectivity index is 0.00000192. The van der Waals surface area contributed by atoms with Crippen LogP contribution < -0.4 is 33.5 Å². The molecule has 0 aromatic heterocycles. The summed E-state index contributed by atoms with van der Waals surface area (Å²) in [5, 5.41) is 0. The minimum Gasteiger partial charge on any atom is -1.00 e. The van der Waals surface area contributed by atoms with Gasteiger partial charge < -0.3 is 37.9 Å². The molecule has 1 aliphatic heterocycles. The standard InChI is InChI=1S/C19H24NO2.HI/c1-20(2)10-9-16-11-18(21-3)19(12-17(16)13-20)22-14-15-7-5-4-6-8-15;/h4-8,11-12H,9-10,13-14H2,1-3H3;1H/q+1;/p-1. The van der Waals surface area contributed by atoms with Gasteiger partial charge in [-0.15, -0.1) is 0 Å². The van der Waals surface area contributed by atoms with Gasteiger partial charge in [-0.25, -0.2) is 0 Å². The van der Waals surface area contributed by atoms with E-state index in [-0.39, 0.29) is 24.0 Å². The molecule has 2 aromatic carbocycles. The van der Waals surface area contributed by atoms with Gasteiger partial charge in [0.05, 0.1) is 27.7 Å². The Morgan fingerprint density at radius 1 is 1.00 bits per heavy atom. The van der Waals surface area contributed by atoms with Crippen LogP contribution in [0.15, 0.2) is 42.5 Å². The molecule has 4 heteroatoms. The van der Waals surface area contributed by atoms with E-state index in [4.69, 9.17) is 9.47 Å². The summed E-state index contributed by atoms with van der Waals surface area (Å²) in [7, 11) is 6.26. The molecule has 1 aliphatic rings. The Hall–Kier alpha value is -1.27. The number of hydrogen-bond acceptors (Lipinski definition) is 2. The maximum Gasteiger partial charge on any atom is 0.162 e. The molecule has 0 N–H and O–H groups in total. The highest BCUT2D eigenvalue weighted by atomic mass is 127. The second-order valence-corrected chi connectivity index (χ2v) is 6.61. The fourth-order valence-corrected chi connectivity index (χ4v) is 3.00. The number of hydrogen-bond donors (Lipinski definition) is 0. The van der Waals surface area contributed by atoms with Crippen LogP contribution in [0.25, 0.3) is 0 Å². The molecule has 0 atom stereocenters. The lowest BCUT2D eigenvalue weighted by molar-refractivity contribution is -0.905. The van der Waals surface area contributed by atoms with Gasteiger partial charge >= 0.3 is 0 Å². The van der Waals surface area contributed by atoms with Crippen LogP contribution in [-0.4, -0.2) is 32.2 Å². The summed E-state index contributed by atoms with van der Waals surface area (Å²) >= 11 is 0. The van der Waals surface area contributed by atoms with E-state index in [2.05, 4.69) is 38.4 Å². The molecular weight excluding hydrogens is 401 g/mol. The molecule has 0 saturated carbocycles. The third-order valence-electron chi connectivity index (χ3n) is 4.31. The van der Waals surface area contributed by atoms with Crippen molar-refractivity contribution in [3.63, 3.8) is 0 Å². The zero-order valence-electron chi connectivity index (χ0n) is 14.0. The average molecular weight is 425 g/mol. The Morgan fingerprint density at radius 2 is 1.70 bits per heavy atom. The number of ether oxygens (including phenoxy) is 2. The molecule has 0 unspecified atom stereocenters. The molecule has 0 fully saturated rings. The van der Waals surface area contributed by atoms with Crippen LogP contribution in [0, 0.1) is 0 Å². The predicted octanol–water partition coefficient (Wildman–Crippen LogP) is 0.411. The van der Waals surface area contributed by atoms with E-state index < -0.39 is 0 Å². The van der Waals surface area contributed by atoms with E-state index in [9.17, 15) is 0 Å². The van der Waals surface area contributed by atoms with Crippen molar-refractivity contribution in [3.05, 3.63) is 59.2 Å². The van der Waals surface area contributed by atoms with Gasteiger partial charge in [-0.05, 0) is 23.3 Å². The molecule has 23 heavy (non-hydrogen) atoms. The molecule has 2 aromatic rings. The van der Waals surface area contributed by atoms with Crippen molar-refractivity contribution in [2.75, 3.05) is 27.7 Å². The number of nitrogens with zero attached hydrogens (tertiary/aromatic N) is 1. The number of methoxy groups -OCH3 is 1. The Labute approximate surface area is 155 Å². The summed E-state index contributed by atoms with van der Waals surface area (Å²) in [6.07, 6.45) is 1.09. The molecule has 1 heterocycles. The SMILES string of the molecule is COc1cc2c(cc1OCc1ccccc1)C[N+](C)(C)CC2.[I-]. The monoisotopic (exact) mass is 425 g/mol. The first-order valence-corrected chi connectivity index (χ1v) is 7.76. The summed E-state index contributed by atoms with van der Waals surface area (Å²) in [6.45, 7) is 2.77. The molecule has 0 aliphatic carbocycles. The van der Waals surface area contributed by atoms with E-state index >= 15 is 0 Å². The third kappa shape index (κ3) is 4.38. The molecule has 0 radical (unpaired) electrons. The summed E-state index contributed by atoms with van der Waals surface area (Å²) in [4.78, 5) is 0. The molecular formula is C19H24INO2. The lowest BCUT2D eigenvalue weighted by atomic mass is 9.98. The highest BCUT2D eigenvalue weighted by molar-refractivity contribution is 5.48. The van der Waals surface area contributed by atoms with E-state index in [0.29, 0.717) is 6.61 Å². The van der Waals surface area contributed by atoms with Crippen molar-refractivity contribution in [1.82, 2.24) is 0 Å². The number of rotatable bonds is 4. The molecule has 0 saturated heterocycles. The summed E-state index contributed by atoms with van der Waals surface area (Å²) in [6, 6.07) is 14.5. The summed E-state index contributed by atoms with van der Waals surface area (Å²) in [5.41, 5.74) is 3.93. The van der Waals surface area contributed by atoms with Gasteiger partial charge in [-0.2, -0.15) is 0 Å². The fourth-order valence-electron chi connectivity index (χ4n) is 3.00.